The number of hydrogen-bond acceptors (Lipinski definition) is 4. The van der Waals surface area contributed by atoms with Crippen molar-refractivity contribution in [2.45, 2.75) is 6.54 Å². The maximum atomic E-state index is 13.4. The molecule has 10 heteroatoms. The minimum atomic E-state index is -0.479. The topological polar surface area (TPSA) is 79.1 Å². The number of aryl methyl sites for hydroxylation is 1. The average molecular weight is 439 g/mol. The van der Waals surface area contributed by atoms with Gasteiger partial charge in [-0.1, -0.05) is 29.8 Å². The highest BCUT2D eigenvalue weighted by Crippen LogP contribution is 2.26. The van der Waals surface area contributed by atoms with E-state index in [9.17, 15) is 14.0 Å². The van der Waals surface area contributed by atoms with Crippen LogP contribution < -0.4 is 11.2 Å². The molecule has 8 nitrogen and oxygen atoms in total. The molecule has 0 atom stereocenters. The molecular formula is C21H16ClFN6O2. The Labute approximate surface area is 179 Å². The molecule has 5 rings (SSSR count). The summed E-state index contributed by atoms with van der Waals surface area (Å²) < 4.78 is 19.2. The highest BCUT2D eigenvalue weighted by molar-refractivity contribution is 6.31. The number of halogens is 2. The fourth-order valence-corrected chi connectivity index (χ4v) is 3.98. The summed E-state index contributed by atoms with van der Waals surface area (Å²) in [6, 6.07) is 13.1. The Balaban J connectivity index is 1.92. The predicted octanol–water partition coefficient (Wildman–Crippen LogP) is 2.59. The Morgan fingerprint density at radius 3 is 2.39 bits per heavy atom. The van der Waals surface area contributed by atoms with E-state index in [1.165, 1.54) is 23.7 Å². The van der Waals surface area contributed by atoms with Crippen molar-refractivity contribution < 1.29 is 4.39 Å². The van der Waals surface area contributed by atoms with Gasteiger partial charge >= 0.3 is 5.69 Å². The van der Waals surface area contributed by atoms with Crippen molar-refractivity contribution in [2.75, 3.05) is 0 Å². The number of hydrogen-bond donors (Lipinski definition) is 0. The van der Waals surface area contributed by atoms with Gasteiger partial charge in [0.25, 0.3) is 5.56 Å². The lowest BCUT2D eigenvalue weighted by molar-refractivity contribution is 0.628. The van der Waals surface area contributed by atoms with Gasteiger partial charge in [0.05, 0.1) is 6.54 Å². The molecule has 3 heterocycles. The first-order valence-corrected chi connectivity index (χ1v) is 9.79. The molecule has 0 unspecified atom stereocenters. The van der Waals surface area contributed by atoms with E-state index in [4.69, 9.17) is 11.6 Å². The van der Waals surface area contributed by atoms with E-state index in [1.54, 1.807) is 34.2 Å². The molecule has 2 aromatic carbocycles. The third kappa shape index (κ3) is 2.81. The second-order valence-corrected chi connectivity index (χ2v) is 7.63. The van der Waals surface area contributed by atoms with E-state index in [0.29, 0.717) is 27.8 Å². The third-order valence-corrected chi connectivity index (χ3v) is 5.74. The van der Waals surface area contributed by atoms with Gasteiger partial charge in [0, 0.05) is 24.7 Å². The molecule has 31 heavy (non-hydrogen) atoms. The maximum Gasteiger partial charge on any atom is 0.332 e. The predicted molar refractivity (Wildman–Crippen MR) is 115 cm³/mol. The second-order valence-electron chi connectivity index (χ2n) is 7.22. The molecule has 0 aliphatic carbocycles. The van der Waals surface area contributed by atoms with Crippen molar-refractivity contribution in [3.8, 4) is 11.4 Å². The molecule has 0 bridgehead atoms. The number of benzene rings is 2. The third-order valence-electron chi connectivity index (χ3n) is 5.37. The molecule has 156 valence electrons. The van der Waals surface area contributed by atoms with Crippen LogP contribution >= 0.6 is 11.6 Å². The van der Waals surface area contributed by atoms with Gasteiger partial charge in [-0.05, 0) is 35.9 Å². The lowest BCUT2D eigenvalue weighted by atomic mass is 10.2. The lowest BCUT2D eigenvalue weighted by Crippen LogP contribution is -2.37. The van der Waals surface area contributed by atoms with Gasteiger partial charge in [-0.3, -0.25) is 18.5 Å². The van der Waals surface area contributed by atoms with Gasteiger partial charge < -0.3 is 0 Å². The van der Waals surface area contributed by atoms with E-state index < -0.39 is 11.2 Å². The summed E-state index contributed by atoms with van der Waals surface area (Å²) in [4.78, 5) is 25.8. The summed E-state index contributed by atoms with van der Waals surface area (Å²) in [5.41, 5.74) is 1.08. The molecule has 3 aromatic heterocycles. The van der Waals surface area contributed by atoms with E-state index in [-0.39, 0.29) is 17.9 Å². The Kier molecular flexibility index (Phi) is 4.30. The van der Waals surface area contributed by atoms with Crippen molar-refractivity contribution >= 4 is 28.5 Å². The van der Waals surface area contributed by atoms with E-state index in [2.05, 4.69) is 10.2 Å². The summed E-state index contributed by atoms with van der Waals surface area (Å²) in [5, 5.41) is 9.11. The van der Waals surface area contributed by atoms with Gasteiger partial charge in [-0.25, -0.2) is 13.6 Å². The Hall–Kier alpha value is -3.72. The summed E-state index contributed by atoms with van der Waals surface area (Å²) in [6.45, 7) is 0.252. The van der Waals surface area contributed by atoms with Crippen molar-refractivity contribution in [2.24, 2.45) is 14.1 Å². The van der Waals surface area contributed by atoms with Gasteiger partial charge in [0.2, 0.25) is 5.78 Å². The number of rotatable bonds is 3. The van der Waals surface area contributed by atoms with Crippen LogP contribution in [0.2, 0.25) is 5.02 Å². The molecule has 0 aliphatic rings. The first-order chi connectivity index (χ1) is 14.9. The number of aromatic nitrogens is 6. The standard InChI is InChI=1S/C21H16ClFN6O2/c1-26-18-16(19(30)27(2)21(26)31)28(11-13-5-3-4-6-15(13)22)20-25-24-17(29(18)20)12-7-9-14(23)10-8-12/h3-10H,11H2,1-2H3. The van der Waals surface area contributed by atoms with Crippen molar-refractivity contribution in [3.63, 3.8) is 0 Å². The molecular weight excluding hydrogens is 423 g/mol. The van der Waals surface area contributed by atoms with Gasteiger partial charge in [-0.15, -0.1) is 10.2 Å². The van der Waals surface area contributed by atoms with Crippen LogP contribution in [0.15, 0.2) is 58.1 Å². The maximum absolute atomic E-state index is 13.4. The van der Waals surface area contributed by atoms with Crippen LogP contribution in [0.1, 0.15) is 5.56 Å². The molecule has 0 radical (unpaired) electrons. The van der Waals surface area contributed by atoms with Crippen LogP contribution in [0.4, 0.5) is 4.39 Å². The normalized spacial score (nSPS) is 11.6. The average Bonchev–Trinajstić information content (AvgIpc) is 3.32. The molecule has 0 N–H and O–H groups in total. The van der Waals surface area contributed by atoms with E-state index in [0.717, 1.165) is 10.1 Å². The zero-order chi connectivity index (χ0) is 21.9. The number of imidazole rings is 1. The molecule has 0 saturated heterocycles. The van der Waals surface area contributed by atoms with Crippen LogP contribution in [0.25, 0.3) is 28.3 Å². The second kappa shape index (κ2) is 6.92. The Morgan fingerprint density at radius 1 is 0.968 bits per heavy atom. The quantitative estimate of drug-likeness (QED) is 0.433. The molecule has 0 amide bonds. The van der Waals surface area contributed by atoms with Gasteiger partial charge in [0.1, 0.15) is 5.82 Å². The molecule has 0 aliphatic heterocycles. The fraction of sp³-hybridized carbons (Fsp3) is 0.143. The monoisotopic (exact) mass is 438 g/mol. The zero-order valence-corrected chi connectivity index (χ0v) is 17.3. The first-order valence-electron chi connectivity index (χ1n) is 9.41. The Morgan fingerprint density at radius 2 is 1.68 bits per heavy atom. The summed E-state index contributed by atoms with van der Waals surface area (Å²) in [5.74, 6) is 0.376. The SMILES string of the molecule is Cn1c(=O)c2c(n(C)c1=O)n1c(-c3ccc(F)cc3)nnc1n2Cc1ccccc1Cl. The smallest absolute Gasteiger partial charge is 0.298 e. The van der Waals surface area contributed by atoms with Crippen LogP contribution in [0.3, 0.4) is 0 Å². The van der Waals surface area contributed by atoms with Crippen LogP contribution in [-0.4, -0.2) is 28.3 Å². The first kappa shape index (κ1) is 19.3. The minimum absolute atomic E-state index is 0.252. The number of fused-ring (bicyclic) bond motifs is 3. The van der Waals surface area contributed by atoms with Crippen LogP contribution in [-0.2, 0) is 20.6 Å². The highest BCUT2D eigenvalue weighted by Gasteiger charge is 2.24. The van der Waals surface area contributed by atoms with Crippen LogP contribution in [0, 0.1) is 5.82 Å². The van der Waals surface area contributed by atoms with Gasteiger partial charge in [0.15, 0.2) is 17.0 Å². The zero-order valence-electron chi connectivity index (χ0n) is 16.6. The molecule has 0 saturated carbocycles. The summed E-state index contributed by atoms with van der Waals surface area (Å²) in [7, 11) is 3.01. The van der Waals surface area contributed by atoms with E-state index >= 15 is 0 Å². The van der Waals surface area contributed by atoms with E-state index in [1.807, 2.05) is 18.2 Å². The lowest BCUT2D eigenvalue weighted by Gasteiger charge is -2.08. The van der Waals surface area contributed by atoms with Crippen molar-refractivity contribution in [1.29, 1.82) is 0 Å². The molecule has 0 spiro atoms. The largest absolute Gasteiger partial charge is 0.332 e. The minimum Gasteiger partial charge on any atom is -0.298 e. The van der Waals surface area contributed by atoms with Gasteiger partial charge in [-0.2, -0.15) is 0 Å². The fourth-order valence-electron chi connectivity index (χ4n) is 3.79. The molecule has 0 fully saturated rings. The molecule has 5 aromatic rings. The highest BCUT2D eigenvalue weighted by atomic mass is 35.5. The van der Waals surface area contributed by atoms with Crippen molar-refractivity contribution in [3.05, 3.63) is 85.8 Å². The summed E-state index contributed by atoms with van der Waals surface area (Å²) >= 11 is 6.36. The number of nitrogens with zero attached hydrogens (tertiary/aromatic N) is 6. The Bertz CT molecular complexity index is 1590. The summed E-state index contributed by atoms with van der Waals surface area (Å²) in [6.07, 6.45) is 0. The van der Waals surface area contributed by atoms with Crippen molar-refractivity contribution in [1.82, 2.24) is 28.3 Å². The van der Waals surface area contributed by atoms with Crippen LogP contribution in [0.5, 0.6) is 0 Å².